The number of carbonyl (C=O) groups excluding carboxylic acids is 2. The molecule has 0 bridgehead atoms. The number of nitrogens with one attached hydrogen (secondary N) is 1. The minimum Gasteiger partial charge on any atom is -0.368 e. The first-order chi connectivity index (χ1) is 12.2. The number of rotatable bonds is 2. The Hall–Kier alpha value is -2.96. The third kappa shape index (κ3) is 3.17. The first-order valence-corrected chi connectivity index (χ1v) is 8.43. The van der Waals surface area contributed by atoms with Crippen molar-refractivity contribution in [1.82, 2.24) is 14.9 Å². The van der Waals surface area contributed by atoms with Gasteiger partial charge in [0.25, 0.3) is 5.91 Å². The van der Waals surface area contributed by atoms with E-state index in [1.165, 1.54) is 11.9 Å². The van der Waals surface area contributed by atoms with E-state index in [0.717, 1.165) is 30.9 Å². The highest BCUT2D eigenvalue weighted by atomic mass is 16.2. The van der Waals surface area contributed by atoms with Gasteiger partial charge in [0, 0.05) is 56.4 Å². The second kappa shape index (κ2) is 6.51. The molecule has 1 fully saturated rings. The van der Waals surface area contributed by atoms with Gasteiger partial charge in [-0.3, -0.25) is 9.59 Å². The Labute approximate surface area is 145 Å². The number of aryl methyl sites for hydroxylation is 1. The molecule has 4 rings (SSSR count). The van der Waals surface area contributed by atoms with Crippen LogP contribution in [0.5, 0.6) is 0 Å². The number of benzene rings is 1. The van der Waals surface area contributed by atoms with Gasteiger partial charge in [0.2, 0.25) is 5.91 Å². The summed E-state index contributed by atoms with van der Waals surface area (Å²) in [5.74, 6) is 0.0608. The summed E-state index contributed by atoms with van der Waals surface area (Å²) in [4.78, 5) is 35.9. The monoisotopic (exact) mass is 337 g/mol. The molecule has 128 valence electrons. The Morgan fingerprint density at radius 1 is 1.04 bits per heavy atom. The number of piperazine rings is 1. The van der Waals surface area contributed by atoms with Gasteiger partial charge in [0.05, 0.1) is 5.56 Å². The van der Waals surface area contributed by atoms with Crippen molar-refractivity contribution < 1.29 is 9.59 Å². The van der Waals surface area contributed by atoms with Crippen LogP contribution in [0.4, 0.5) is 11.4 Å². The fourth-order valence-corrected chi connectivity index (χ4v) is 3.33. The minimum absolute atomic E-state index is 0.0200. The first-order valence-electron chi connectivity index (χ1n) is 8.43. The summed E-state index contributed by atoms with van der Waals surface area (Å²) in [6.45, 7) is 2.90. The average molecular weight is 337 g/mol. The maximum absolute atomic E-state index is 12.5. The van der Waals surface area contributed by atoms with Crippen LogP contribution in [0.25, 0.3) is 0 Å². The molecule has 0 atom stereocenters. The molecule has 2 aromatic rings. The average Bonchev–Trinajstić information content (AvgIpc) is 2.68. The SMILES string of the molecule is O=C1CCc2cc(N3CCN(C(=O)c4cncnc4)CC3)ccc2N1. The molecule has 25 heavy (non-hydrogen) atoms. The maximum atomic E-state index is 12.5. The van der Waals surface area contributed by atoms with Gasteiger partial charge in [-0.2, -0.15) is 0 Å². The quantitative estimate of drug-likeness (QED) is 0.894. The Balaban J connectivity index is 1.42. The molecule has 0 saturated carbocycles. The molecule has 3 heterocycles. The van der Waals surface area contributed by atoms with Crippen molar-refractivity contribution in [3.8, 4) is 0 Å². The summed E-state index contributed by atoms with van der Waals surface area (Å²) >= 11 is 0. The Morgan fingerprint density at radius 2 is 1.80 bits per heavy atom. The van der Waals surface area contributed by atoms with Crippen LogP contribution in [0, 0.1) is 0 Å². The van der Waals surface area contributed by atoms with Crippen LogP contribution >= 0.6 is 0 Å². The summed E-state index contributed by atoms with van der Waals surface area (Å²) in [7, 11) is 0. The molecule has 2 aliphatic rings. The third-order valence-corrected chi connectivity index (χ3v) is 4.72. The fourth-order valence-electron chi connectivity index (χ4n) is 3.33. The van der Waals surface area contributed by atoms with E-state index in [1.54, 1.807) is 12.4 Å². The molecule has 1 N–H and O–H groups in total. The zero-order valence-corrected chi connectivity index (χ0v) is 13.8. The molecule has 0 spiro atoms. The predicted molar refractivity (Wildman–Crippen MR) is 93.5 cm³/mol. The second-order valence-electron chi connectivity index (χ2n) is 6.30. The Kier molecular flexibility index (Phi) is 4.05. The van der Waals surface area contributed by atoms with Gasteiger partial charge in [0.15, 0.2) is 0 Å². The van der Waals surface area contributed by atoms with Crippen molar-refractivity contribution >= 4 is 23.2 Å². The highest BCUT2D eigenvalue weighted by molar-refractivity contribution is 5.94. The number of fused-ring (bicyclic) bond motifs is 1. The van der Waals surface area contributed by atoms with Crippen molar-refractivity contribution in [2.75, 3.05) is 36.4 Å². The minimum atomic E-state index is -0.0200. The fraction of sp³-hybridized carbons (Fsp3) is 0.333. The zero-order valence-electron chi connectivity index (χ0n) is 13.8. The zero-order chi connectivity index (χ0) is 17.2. The van der Waals surface area contributed by atoms with E-state index in [-0.39, 0.29) is 11.8 Å². The van der Waals surface area contributed by atoms with E-state index < -0.39 is 0 Å². The summed E-state index contributed by atoms with van der Waals surface area (Å²) in [5.41, 5.74) is 3.76. The molecular weight excluding hydrogens is 318 g/mol. The van der Waals surface area contributed by atoms with Crippen LogP contribution in [0.3, 0.4) is 0 Å². The molecule has 7 heteroatoms. The first kappa shape index (κ1) is 15.6. The molecule has 0 radical (unpaired) electrons. The van der Waals surface area contributed by atoms with E-state index in [1.807, 2.05) is 17.0 Å². The Morgan fingerprint density at radius 3 is 2.56 bits per heavy atom. The molecular formula is C18H19N5O2. The molecule has 2 amide bonds. The van der Waals surface area contributed by atoms with Gasteiger partial charge in [-0.05, 0) is 30.2 Å². The van der Waals surface area contributed by atoms with Crippen LogP contribution in [0.15, 0.2) is 36.9 Å². The van der Waals surface area contributed by atoms with Gasteiger partial charge in [0.1, 0.15) is 6.33 Å². The summed E-state index contributed by atoms with van der Waals surface area (Å²) in [6, 6.07) is 6.16. The van der Waals surface area contributed by atoms with Crippen LogP contribution in [-0.2, 0) is 11.2 Å². The van der Waals surface area contributed by atoms with Gasteiger partial charge >= 0.3 is 0 Å². The number of aromatic nitrogens is 2. The van der Waals surface area contributed by atoms with Crippen molar-refractivity contribution in [2.24, 2.45) is 0 Å². The molecule has 0 unspecified atom stereocenters. The highest BCUT2D eigenvalue weighted by Gasteiger charge is 2.23. The summed E-state index contributed by atoms with van der Waals surface area (Å²) in [5, 5.41) is 2.91. The molecule has 1 saturated heterocycles. The van der Waals surface area contributed by atoms with E-state index in [0.29, 0.717) is 25.1 Å². The predicted octanol–water partition coefficient (Wildman–Crippen LogP) is 1.32. The molecule has 0 aliphatic carbocycles. The number of nitrogens with zero attached hydrogens (tertiary/aromatic N) is 4. The number of carbonyl (C=O) groups is 2. The van der Waals surface area contributed by atoms with E-state index >= 15 is 0 Å². The summed E-state index contributed by atoms with van der Waals surface area (Å²) < 4.78 is 0. The van der Waals surface area contributed by atoms with Crippen molar-refractivity contribution in [3.63, 3.8) is 0 Å². The second-order valence-corrected chi connectivity index (χ2v) is 6.30. The van der Waals surface area contributed by atoms with Gasteiger partial charge in [-0.25, -0.2) is 9.97 Å². The highest BCUT2D eigenvalue weighted by Crippen LogP contribution is 2.28. The van der Waals surface area contributed by atoms with E-state index in [4.69, 9.17) is 0 Å². The van der Waals surface area contributed by atoms with E-state index in [9.17, 15) is 9.59 Å². The van der Waals surface area contributed by atoms with Gasteiger partial charge < -0.3 is 15.1 Å². The number of amides is 2. The molecule has 1 aromatic carbocycles. The van der Waals surface area contributed by atoms with Crippen LogP contribution in [-0.4, -0.2) is 52.9 Å². The maximum Gasteiger partial charge on any atom is 0.257 e. The smallest absolute Gasteiger partial charge is 0.257 e. The lowest BCUT2D eigenvalue weighted by Crippen LogP contribution is -2.48. The number of hydrogen-bond donors (Lipinski definition) is 1. The summed E-state index contributed by atoms with van der Waals surface area (Å²) in [6.07, 6.45) is 5.85. The Bertz CT molecular complexity index is 800. The lowest BCUT2D eigenvalue weighted by Gasteiger charge is -2.36. The van der Waals surface area contributed by atoms with Gasteiger partial charge in [-0.1, -0.05) is 0 Å². The van der Waals surface area contributed by atoms with E-state index in [2.05, 4.69) is 26.3 Å². The lowest BCUT2D eigenvalue weighted by atomic mass is 10.0. The van der Waals surface area contributed by atoms with Crippen LogP contribution in [0.2, 0.25) is 0 Å². The standard InChI is InChI=1S/C18H19N5O2/c24-17-4-1-13-9-15(2-3-16(13)21-17)22-5-7-23(8-6-22)18(25)14-10-19-12-20-11-14/h2-3,9-12H,1,4-8H2,(H,21,24). The topological polar surface area (TPSA) is 78.4 Å². The van der Waals surface area contributed by atoms with Crippen molar-refractivity contribution in [1.29, 1.82) is 0 Å². The lowest BCUT2D eigenvalue weighted by molar-refractivity contribution is -0.116. The molecule has 1 aromatic heterocycles. The van der Waals surface area contributed by atoms with Crippen molar-refractivity contribution in [3.05, 3.63) is 48.0 Å². The van der Waals surface area contributed by atoms with Crippen LogP contribution in [0.1, 0.15) is 22.3 Å². The molecule has 2 aliphatic heterocycles. The van der Waals surface area contributed by atoms with Crippen LogP contribution < -0.4 is 10.2 Å². The normalized spacial score (nSPS) is 17.0. The third-order valence-electron chi connectivity index (χ3n) is 4.72. The van der Waals surface area contributed by atoms with Crippen molar-refractivity contribution in [2.45, 2.75) is 12.8 Å². The van der Waals surface area contributed by atoms with Gasteiger partial charge in [-0.15, -0.1) is 0 Å². The largest absolute Gasteiger partial charge is 0.368 e. The molecule has 7 nitrogen and oxygen atoms in total. The number of anilines is 2. The number of hydrogen-bond acceptors (Lipinski definition) is 5.